The second-order valence-electron chi connectivity index (χ2n) is 7.10. The largest absolute Gasteiger partial charge is 0.477 e. The van der Waals surface area contributed by atoms with Crippen LogP contribution in [0.3, 0.4) is 0 Å². The summed E-state index contributed by atoms with van der Waals surface area (Å²) in [6, 6.07) is 3.81. The molecule has 1 atom stereocenters. The van der Waals surface area contributed by atoms with Gasteiger partial charge in [-0.2, -0.15) is 0 Å². The maximum atomic E-state index is 12.4. The van der Waals surface area contributed by atoms with Gasteiger partial charge in [0.1, 0.15) is 0 Å². The van der Waals surface area contributed by atoms with E-state index in [1.54, 1.807) is 6.20 Å². The molecule has 1 amide bonds. The minimum atomic E-state index is -0.0581. The number of pyridine rings is 1. The number of carbonyl (C=O) groups is 1. The summed E-state index contributed by atoms with van der Waals surface area (Å²) in [5.41, 5.74) is 1.00. The predicted molar refractivity (Wildman–Crippen MR) is 93.8 cm³/mol. The molecule has 0 spiro atoms. The molecule has 1 unspecified atom stereocenters. The number of likely N-dealkylation sites (tertiary alicyclic amines) is 1. The minimum absolute atomic E-state index is 0.0581. The van der Waals surface area contributed by atoms with E-state index < -0.39 is 0 Å². The molecule has 1 aliphatic heterocycles. The van der Waals surface area contributed by atoms with E-state index in [4.69, 9.17) is 4.74 Å². The smallest absolute Gasteiger partial charge is 0.237 e. The molecule has 1 saturated heterocycles. The Morgan fingerprint density at radius 3 is 2.67 bits per heavy atom. The average molecular weight is 331 g/mol. The highest BCUT2D eigenvalue weighted by molar-refractivity contribution is 5.81. The van der Waals surface area contributed by atoms with Crippen LogP contribution < -0.4 is 10.1 Å². The van der Waals surface area contributed by atoms with Gasteiger partial charge >= 0.3 is 0 Å². The van der Waals surface area contributed by atoms with Crippen molar-refractivity contribution in [2.24, 2.45) is 5.92 Å². The molecule has 1 N–H and O–H groups in total. The lowest BCUT2D eigenvalue weighted by molar-refractivity contribution is -0.126. The molecule has 2 aliphatic rings. The Balaban J connectivity index is 1.42. The first kappa shape index (κ1) is 17.2. The molecule has 2 heterocycles. The fraction of sp³-hybridized carbons (Fsp3) is 0.684. The predicted octanol–water partition coefficient (Wildman–Crippen LogP) is 2.75. The van der Waals surface area contributed by atoms with E-state index >= 15 is 0 Å². The van der Waals surface area contributed by atoms with Crippen LogP contribution in [0, 0.1) is 5.92 Å². The summed E-state index contributed by atoms with van der Waals surface area (Å²) in [6.07, 6.45) is 9.31. The van der Waals surface area contributed by atoms with Gasteiger partial charge in [-0.1, -0.05) is 18.9 Å². The summed E-state index contributed by atoms with van der Waals surface area (Å²) in [5.74, 6) is 1.51. The first-order valence-electron chi connectivity index (χ1n) is 9.32. The molecule has 24 heavy (non-hydrogen) atoms. The zero-order chi connectivity index (χ0) is 16.8. The minimum Gasteiger partial charge on any atom is -0.477 e. The maximum absolute atomic E-state index is 12.4. The van der Waals surface area contributed by atoms with E-state index in [2.05, 4.69) is 15.2 Å². The molecule has 5 nitrogen and oxygen atoms in total. The Morgan fingerprint density at radius 1 is 1.29 bits per heavy atom. The molecule has 0 aromatic carbocycles. The zero-order valence-corrected chi connectivity index (χ0v) is 14.7. The fourth-order valence-electron chi connectivity index (χ4n) is 3.07. The van der Waals surface area contributed by atoms with Gasteiger partial charge < -0.3 is 10.1 Å². The van der Waals surface area contributed by atoms with Crippen molar-refractivity contribution in [1.82, 2.24) is 15.2 Å². The van der Waals surface area contributed by atoms with E-state index in [0.29, 0.717) is 12.4 Å². The van der Waals surface area contributed by atoms with Crippen molar-refractivity contribution >= 4 is 5.91 Å². The number of hydrogen-bond donors (Lipinski definition) is 1. The number of amides is 1. The van der Waals surface area contributed by atoms with Gasteiger partial charge in [-0.3, -0.25) is 9.69 Å². The van der Waals surface area contributed by atoms with Crippen LogP contribution in [0.15, 0.2) is 18.3 Å². The molecule has 1 saturated carbocycles. The number of nitrogens with zero attached hydrogens (tertiary/aromatic N) is 2. The number of hydrogen-bond acceptors (Lipinski definition) is 4. The van der Waals surface area contributed by atoms with Crippen molar-refractivity contribution in [3.05, 3.63) is 23.9 Å². The van der Waals surface area contributed by atoms with Gasteiger partial charge in [-0.05, 0) is 57.2 Å². The van der Waals surface area contributed by atoms with Gasteiger partial charge in [-0.25, -0.2) is 4.98 Å². The summed E-state index contributed by atoms with van der Waals surface area (Å²) in [5, 5.41) is 3.03. The van der Waals surface area contributed by atoms with Crippen LogP contribution in [-0.4, -0.2) is 41.5 Å². The highest BCUT2D eigenvalue weighted by atomic mass is 16.5. The molecule has 1 aromatic heterocycles. The lowest BCUT2D eigenvalue weighted by Gasteiger charge is -2.26. The summed E-state index contributed by atoms with van der Waals surface area (Å²) >= 11 is 0. The molecule has 0 bridgehead atoms. The number of ether oxygens (including phenoxy) is 1. The Morgan fingerprint density at radius 2 is 2.04 bits per heavy atom. The standard InChI is InChI=1S/C19H29N3O2/c1-15(22-10-4-2-3-5-11-22)19(23)21-13-17-8-9-18(20-12-17)24-14-16-6-7-16/h8-9,12,15-16H,2-7,10-11,13-14H2,1H3,(H,21,23). The number of carbonyl (C=O) groups excluding carboxylic acids is 1. The van der Waals surface area contributed by atoms with E-state index in [0.717, 1.165) is 31.2 Å². The normalized spacial score (nSPS) is 20.2. The lowest BCUT2D eigenvalue weighted by atomic mass is 10.2. The lowest BCUT2D eigenvalue weighted by Crippen LogP contribution is -2.45. The first-order chi connectivity index (χ1) is 11.7. The summed E-state index contributed by atoms with van der Waals surface area (Å²) < 4.78 is 5.63. The van der Waals surface area contributed by atoms with E-state index in [-0.39, 0.29) is 11.9 Å². The number of nitrogens with one attached hydrogen (secondary N) is 1. The van der Waals surface area contributed by atoms with Crippen LogP contribution >= 0.6 is 0 Å². The third kappa shape index (κ3) is 5.20. The summed E-state index contributed by atoms with van der Waals surface area (Å²) in [7, 11) is 0. The highest BCUT2D eigenvalue weighted by Crippen LogP contribution is 2.29. The Hall–Kier alpha value is -1.62. The van der Waals surface area contributed by atoms with Crippen molar-refractivity contribution in [2.45, 2.75) is 58.0 Å². The van der Waals surface area contributed by atoms with Crippen LogP contribution in [0.25, 0.3) is 0 Å². The van der Waals surface area contributed by atoms with Crippen molar-refractivity contribution in [2.75, 3.05) is 19.7 Å². The number of rotatable bonds is 7. The van der Waals surface area contributed by atoms with Crippen LogP contribution in [-0.2, 0) is 11.3 Å². The van der Waals surface area contributed by atoms with Gasteiger partial charge in [0.25, 0.3) is 0 Å². The molecule has 1 aromatic rings. The third-order valence-electron chi connectivity index (χ3n) is 5.00. The van der Waals surface area contributed by atoms with Gasteiger partial charge in [0.05, 0.1) is 12.6 Å². The molecular formula is C19H29N3O2. The molecule has 2 fully saturated rings. The average Bonchev–Trinajstić information content (AvgIpc) is 3.44. The Bertz CT molecular complexity index is 520. The van der Waals surface area contributed by atoms with Gasteiger partial charge in [0, 0.05) is 18.8 Å². The molecule has 3 rings (SSSR count). The van der Waals surface area contributed by atoms with Crippen LogP contribution in [0.4, 0.5) is 0 Å². The molecule has 1 aliphatic carbocycles. The monoisotopic (exact) mass is 331 g/mol. The summed E-state index contributed by atoms with van der Waals surface area (Å²) in [6.45, 7) is 5.36. The van der Waals surface area contributed by atoms with Crippen LogP contribution in [0.5, 0.6) is 5.88 Å². The van der Waals surface area contributed by atoms with Crippen LogP contribution in [0.1, 0.15) is 51.0 Å². The topological polar surface area (TPSA) is 54.5 Å². The second-order valence-corrected chi connectivity index (χ2v) is 7.10. The van der Waals surface area contributed by atoms with Gasteiger partial charge in [-0.15, -0.1) is 0 Å². The second kappa shape index (κ2) is 8.47. The molecular weight excluding hydrogens is 302 g/mol. The quantitative estimate of drug-likeness (QED) is 0.835. The van der Waals surface area contributed by atoms with E-state index in [1.165, 1.54) is 38.5 Å². The Labute approximate surface area is 144 Å². The maximum Gasteiger partial charge on any atom is 0.237 e. The SMILES string of the molecule is CC(C(=O)NCc1ccc(OCC2CC2)nc1)N1CCCCCC1. The highest BCUT2D eigenvalue weighted by Gasteiger charge is 2.22. The van der Waals surface area contributed by atoms with Crippen LogP contribution in [0.2, 0.25) is 0 Å². The van der Waals surface area contributed by atoms with Crippen molar-refractivity contribution in [3.63, 3.8) is 0 Å². The summed E-state index contributed by atoms with van der Waals surface area (Å²) in [4.78, 5) is 19.0. The first-order valence-corrected chi connectivity index (χ1v) is 9.32. The van der Waals surface area contributed by atoms with E-state index in [9.17, 15) is 4.79 Å². The molecule has 132 valence electrons. The van der Waals surface area contributed by atoms with Gasteiger partial charge in [0.2, 0.25) is 11.8 Å². The van der Waals surface area contributed by atoms with E-state index in [1.807, 2.05) is 19.1 Å². The van der Waals surface area contributed by atoms with Crippen molar-refractivity contribution in [1.29, 1.82) is 0 Å². The van der Waals surface area contributed by atoms with Gasteiger partial charge in [0.15, 0.2) is 0 Å². The molecule has 5 heteroatoms. The van der Waals surface area contributed by atoms with Crippen molar-refractivity contribution < 1.29 is 9.53 Å². The number of aromatic nitrogens is 1. The van der Waals surface area contributed by atoms with Crippen molar-refractivity contribution in [3.8, 4) is 5.88 Å². The molecule has 0 radical (unpaired) electrons. The third-order valence-corrected chi connectivity index (χ3v) is 5.00. The fourth-order valence-corrected chi connectivity index (χ4v) is 3.07. The zero-order valence-electron chi connectivity index (χ0n) is 14.7. The Kier molecular flexibility index (Phi) is 6.07.